The third-order valence-electron chi connectivity index (χ3n) is 3.24. The Bertz CT molecular complexity index is 781. The van der Waals surface area contributed by atoms with Crippen molar-refractivity contribution in [3.05, 3.63) is 71.9 Å². The van der Waals surface area contributed by atoms with Crippen LogP contribution in [0.5, 0.6) is 0 Å². The number of hydrazine groups is 1. The zero-order valence-corrected chi connectivity index (χ0v) is 11.6. The van der Waals surface area contributed by atoms with Gasteiger partial charge in [-0.3, -0.25) is 20.6 Å². The van der Waals surface area contributed by atoms with Gasteiger partial charge in [0.2, 0.25) is 0 Å². The second-order valence-electron chi connectivity index (χ2n) is 4.86. The van der Waals surface area contributed by atoms with Crippen molar-refractivity contribution in [2.45, 2.75) is 6.92 Å². The monoisotopic (exact) mass is 277 g/mol. The highest BCUT2D eigenvalue weighted by molar-refractivity contribution is 5.98. The molecule has 104 valence electrons. The van der Waals surface area contributed by atoms with E-state index in [2.05, 4.69) is 15.8 Å². The van der Waals surface area contributed by atoms with Gasteiger partial charge in [0, 0.05) is 17.1 Å². The number of amides is 1. The molecule has 3 aromatic rings. The number of anilines is 1. The Morgan fingerprint density at radius 3 is 2.67 bits per heavy atom. The van der Waals surface area contributed by atoms with E-state index in [1.807, 2.05) is 55.5 Å². The molecule has 0 spiro atoms. The summed E-state index contributed by atoms with van der Waals surface area (Å²) >= 11 is 0. The maximum atomic E-state index is 12.1. The third kappa shape index (κ3) is 3.00. The van der Waals surface area contributed by atoms with Gasteiger partial charge < -0.3 is 0 Å². The number of aromatic nitrogens is 1. The SMILES string of the molecule is Cc1ccc(NNC(=O)c2ccc3ncccc3c2)cc1. The molecule has 0 atom stereocenters. The molecule has 0 fully saturated rings. The summed E-state index contributed by atoms with van der Waals surface area (Å²) in [6.07, 6.45) is 1.74. The van der Waals surface area contributed by atoms with Gasteiger partial charge in [0.05, 0.1) is 11.2 Å². The molecule has 3 rings (SSSR count). The standard InChI is InChI=1S/C17H15N3O/c1-12-4-7-15(8-5-12)19-20-17(21)14-6-9-16-13(11-14)3-2-10-18-16/h2-11,19H,1H3,(H,20,21). The minimum atomic E-state index is -0.179. The van der Waals surface area contributed by atoms with E-state index in [1.165, 1.54) is 5.56 Å². The van der Waals surface area contributed by atoms with Gasteiger partial charge in [0.1, 0.15) is 0 Å². The average Bonchev–Trinajstić information content (AvgIpc) is 2.53. The minimum Gasteiger partial charge on any atom is -0.298 e. The van der Waals surface area contributed by atoms with Crippen LogP contribution in [0.3, 0.4) is 0 Å². The van der Waals surface area contributed by atoms with E-state index in [0.29, 0.717) is 5.56 Å². The number of aryl methyl sites for hydroxylation is 1. The quantitative estimate of drug-likeness (QED) is 0.722. The first kappa shape index (κ1) is 13.1. The maximum absolute atomic E-state index is 12.1. The van der Waals surface area contributed by atoms with E-state index >= 15 is 0 Å². The molecule has 1 aromatic heterocycles. The van der Waals surface area contributed by atoms with Crippen LogP contribution in [0.25, 0.3) is 10.9 Å². The number of pyridine rings is 1. The van der Waals surface area contributed by atoms with Gasteiger partial charge in [-0.05, 0) is 43.3 Å². The summed E-state index contributed by atoms with van der Waals surface area (Å²) in [5.41, 5.74) is 9.08. The van der Waals surface area contributed by atoms with Crippen LogP contribution in [0.1, 0.15) is 15.9 Å². The van der Waals surface area contributed by atoms with Crippen molar-refractivity contribution < 1.29 is 4.79 Å². The van der Waals surface area contributed by atoms with Gasteiger partial charge in [-0.2, -0.15) is 0 Å². The first-order valence-corrected chi connectivity index (χ1v) is 6.70. The third-order valence-corrected chi connectivity index (χ3v) is 3.24. The predicted molar refractivity (Wildman–Crippen MR) is 84.0 cm³/mol. The van der Waals surface area contributed by atoms with Crippen molar-refractivity contribution >= 4 is 22.5 Å². The van der Waals surface area contributed by atoms with Crippen LogP contribution in [0, 0.1) is 6.92 Å². The van der Waals surface area contributed by atoms with Crippen molar-refractivity contribution in [2.24, 2.45) is 0 Å². The zero-order chi connectivity index (χ0) is 14.7. The molecule has 2 N–H and O–H groups in total. The Morgan fingerprint density at radius 1 is 1.05 bits per heavy atom. The molecule has 1 heterocycles. The fourth-order valence-corrected chi connectivity index (χ4v) is 2.05. The smallest absolute Gasteiger partial charge is 0.269 e. The fourth-order valence-electron chi connectivity index (χ4n) is 2.05. The molecule has 4 heteroatoms. The number of nitrogens with one attached hydrogen (secondary N) is 2. The average molecular weight is 277 g/mol. The van der Waals surface area contributed by atoms with Gasteiger partial charge in [-0.15, -0.1) is 0 Å². The first-order chi connectivity index (χ1) is 10.2. The van der Waals surface area contributed by atoms with E-state index in [0.717, 1.165) is 16.6 Å². The normalized spacial score (nSPS) is 10.3. The summed E-state index contributed by atoms with van der Waals surface area (Å²) in [5.74, 6) is -0.179. The molecule has 0 aliphatic heterocycles. The van der Waals surface area contributed by atoms with E-state index in [1.54, 1.807) is 12.3 Å². The summed E-state index contributed by atoms with van der Waals surface area (Å²) in [5, 5.41) is 0.945. The van der Waals surface area contributed by atoms with Crippen molar-refractivity contribution in [3.63, 3.8) is 0 Å². The van der Waals surface area contributed by atoms with Crippen LogP contribution >= 0.6 is 0 Å². The van der Waals surface area contributed by atoms with Crippen molar-refractivity contribution in [3.8, 4) is 0 Å². The van der Waals surface area contributed by atoms with Crippen LogP contribution in [0.15, 0.2) is 60.8 Å². The largest absolute Gasteiger partial charge is 0.298 e. The number of fused-ring (bicyclic) bond motifs is 1. The Kier molecular flexibility index (Phi) is 3.51. The van der Waals surface area contributed by atoms with Gasteiger partial charge in [-0.1, -0.05) is 23.8 Å². The fraction of sp³-hybridized carbons (Fsp3) is 0.0588. The number of benzene rings is 2. The van der Waals surface area contributed by atoms with E-state index in [-0.39, 0.29) is 5.91 Å². The number of carbonyl (C=O) groups excluding carboxylic acids is 1. The van der Waals surface area contributed by atoms with Crippen LogP contribution < -0.4 is 10.9 Å². The minimum absolute atomic E-state index is 0.179. The molecule has 1 amide bonds. The van der Waals surface area contributed by atoms with E-state index in [4.69, 9.17) is 0 Å². The van der Waals surface area contributed by atoms with Crippen LogP contribution in [-0.4, -0.2) is 10.9 Å². The lowest BCUT2D eigenvalue weighted by molar-refractivity contribution is 0.0963. The Labute approximate surface area is 122 Å². The molecule has 21 heavy (non-hydrogen) atoms. The number of hydrogen-bond donors (Lipinski definition) is 2. The lowest BCUT2D eigenvalue weighted by Gasteiger charge is -2.09. The first-order valence-electron chi connectivity index (χ1n) is 6.70. The van der Waals surface area contributed by atoms with Crippen molar-refractivity contribution in [2.75, 3.05) is 5.43 Å². The van der Waals surface area contributed by atoms with Crippen LogP contribution in [-0.2, 0) is 0 Å². The highest BCUT2D eigenvalue weighted by atomic mass is 16.2. The van der Waals surface area contributed by atoms with Gasteiger partial charge in [0.25, 0.3) is 5.91 Å². The van der Waals surface area contributed by atoms with E-state index in [9.17, 15) is 4.79 Å². The van der Waals surface area contributed by atoms with Crippen LogP contribution in [0.2, 0.25) is 0 Å². The number of rotatable bonds is 3. The maximum Gasteiger partial charge on any atom is 0.269 e. The number of carbonyl (C=O) groups is 1. The Morgan fingerprint density at radius 2 is 1.86 bits per heavy atom. The van der Waals surface area contributed by atoms with Gasteiger partial charge in [-0.25, -0.2) is 0 Å². The molecule has 0 aliphatic carbocycles. The molecule has 0 bridgehead atoms. The zero-order valence-electron chi connectivity index (χ0n) is 11.6. The summed E-state index contributed by atoms with van der Waals surface area (Å²) in [7, 11) is 0. The molecule has 0 aliphatic rings. The van der Waals surface area contributed by atoms with Gasteiger partial charge >= 0.3 is 0 Å². The molecule has 0 saturated carbocycles. The molecule has 0 radical (unpaired) electrons. The van der Waals surface area contributed by atoms with Crippen molar-refractivity contribution in [1.82, 2.24) is 10.4 Å². The Balaban J connectivity index is 1.73. The molecule has 0 unspecified atom stereocenters. The lowest BCUT2D eigenvalue weighted by atomic mass is 10.1. The second-order valence-corrected chi connectivity index (χ2v) is 4.86. The number of hydrogen-bond acceptors (Lipinski definition) is 3. The molecular weight excluding hydrogens is 262 g/mol. The topological polar surface area (TPSA) is 54.0 Å². The Hall–Kier alpha value is -2.88. The van der Waals surface area contributed by atoms with Gasteiger partial charge in [0.15, 0.2) is 0 Å². The molecular formula is C17H15N3O. The van der Waals surface area contributed by atoms with Crippen molar-refractivity contribution in [1.29, 1.82) is 0 Å². The molecule has 2 aromatic carbocycles. The summed E-state index contributed by atoms with van der Waals surface area (Å²) in [4.78, 5) is 16.4. The lowest BCUT2D eigenvalue weighted by Crippen LogP contribution is -2.29. The summed E-state index contributed by atoms with van der Waals surface area (Å²) < 4.78 is 0. The second kappa shape index (κ2) is 5.63. The molecule has 4 nitrogen and oxygen atoms in total. The summed E-state index contributed by atoms with van der Waals surface area (Å²) in [6, 6.07) is 17.0. The van der Waals surface area contributed by atoms with Crippen LogP contribution in [0.4, 0.5) is 5.69 Å². The highest BCUT2D eigenvalue weighted by Gasteiger charge is 2.06. The molecule has 0 saturated heterocycles. The summed E-state index contributed by atoms with van der Waals surface area (Å²) in [6.45, 7) is 2.02. The predicted octanol–water partition coefficient (Wildman–Crippen LogP) is 3.30. The highest BCUT2D eigenvalue weighted by Crippen LogP contribution is 2.13. The van der Waals surface area contributed by atoms with E-state index < -0.39 is 0 Å². The number of nitrogens with zero attached hydrogens (tertiary/aromatic N) is 1.